The van der Waals surface area contributed by atoms with Crippen molar-refractivity contribution < 1.29 is 4.39 Å². The first-order chi connectivity index (χ1) is 8.88. The van der Waals surface area contributed by atoms with Crippen molar-refractivity contribution in [2.45, 2.75) is 53.1 Å². The van der Waals surface area contributed by atoms with Crippen molar-refractivity contribution in [3.63, 3.8) is 0 Å². The van der Waals surface area contributed by atoms with E-state index in [4.69, 9.17) is 11.6 Å². The van der Waals surface area contributed by atoms with E-state index in [0.29, 0.717) is 17.9 Å². The van der Waals surface area contributed by atoms with Gasteiger partial charge in [0.05, 0.1) is 5.02 Å². The van der Waals surface area contributed by atoms with Crippen LogP contribution in [-0.2, 0) is 6.54 Å². The smallest absolute Gasteiger partial charge is 0.141 e. The Morgan fingerprint density at radius 3 is 2.16 bits per heavy atom. The van der Waals surface area contributed by atoms with Gasteiger partial charge in [-0.2, -0.15) is 0 Å². The minimum atomic E-state index is -0.355. The average Bonchev–Trinajstić information content (AvgIpc) is 2.29. The third-order valence-electron chi connectivity index (χ3n) is 3.09. The highest BCUT2D eigenvalue weighted by atomic mass is 35.5. The highest BCUT2D eigenvalue weighted by Crippen LogP contribution is 2.17. The maximum Gasteiger partial charge on any atom is 0.141 e. The molecule has 0 spiro atoms. The van der Waals surface area contributed by atoms with Gasteiger partial charge in [0.1, 0.15) is 5.82 Å². The van der Waals surface area contributed by atoms with E-state index in [0.717, 1.165) is 24.9 Å². The van der Waals surface area contributed by atoms with Crippen molar-refractivity contribution in [2.75, 3.05) is 0 Å². The number of benzene rings is 1. The molecule has 0 fully saturated rings. The van der Waals surface area contributed by atoms with E-state index in [2.05, 4.69) is 33.0 Å². The molecule has 1 aromatic rings. The predicted octanol–water partition coefficient (Wildman–Crippen LogP) is 5.03. The maximum absolute atomic E-state index is 13.1. The average molecular weight is 286 g/mol. The standard InChI is InChI=1S/C16H25ClFN/c1-11(2)7-14(8-12(3)4)19-10-13-5-6-16(18)15(17)9-13/h5-6,9,11-12,14,19H,7-8,10H2,1-4H3. The van der Waals surface area contributed by atoms with Gasteiger partial charge < -0.3 is 5.32 Å². The Hall–Kier alpha value is -0.600. The predicted molar refractivity (Wildman–Crippen MR) is 80.9 cm³/mol. The first-order valence-corrected chi connectivity index (χ1v) is 7.43. The molecule has 0 radical (unpaired) electrons. The van der Waals surface area contributed by atoms with Crippen molar-refractivity contribution in [2.24, 2.45) is 11.8 Å². The van der Waals surface area contributed by atoms with Crippen LogP contribution in [0.1, 0.15) is 46.1 Å². The number of rotatable bonds is 7. The molecule has 1 rings (SSSR count). The van der Waals surface area contributed by atoms with E-state index < -0.39 is 0 Å². The van der Waals surface area contributed by atoms with Crippen LogP contribution in [0.15, 0.2) is 18.2 Å². The van der Waals surface area contributed by atoms with E-state index in [-0.39, 0.29) is 10.8 Å². The third-order valence-corrected chi connectivity index (χ3v) is 3.38. The van der Waals surface area contributed by atoms with Gasteiger partial charge in [-0.15, -0.1) is 0 Å². The molecule has 1 nitrogen and oxygen atoms in total. The highest BCUT2D eigenvalue weighted by Gasteiger charge is 2.12. The molecule has 0 unspecified atom stereocenters. The Kier molecular flexibility index (Phi) is 6.81. The van der Waals surface area contributed by atoms with Crippen molar-refractivity contribution in [1.29, 1.82) is 0 Å². The fraction of sp³-hybridized carbons (Fsp3) is 0.625. The molecule has 0 saturated carbocycles. The summed E-state index contributed by atoms with van der Waals surface area (Å²) in [4.78, 5) is 0. The topological polar surface area (TPSA) is 12.0 Å². The Morgan fingerprint density at radius 1 is 1.11 bits per heavy atom. The molecule has 1 aromatic carbocycles. The number of hydrogen-bond donors (Lipinski definition) is 1. The van der Waals surface area contributed by atoms with Crippen LogP contribution in [0.25, 0.3) is 0 Å². The summed E-state index contributed by atoms with van der Waals surface area (Å²) >= 11 is 5.80. The summed E-state index contributed by atoms with van der Waals surface area (Å²) < 4.78 is 13.1. The monoisotopic (exact) mass is 285 g/mol. The molecule has 0 amide bonds. The van der Waals surface area contributed by atoms with E-state index in [1.165, 1.54) is 6.07 Å². The number of hydrogen-bond acceptors (Lipinski definition) is 1. The van der Waals surface area contributed by atoms with Crippen LogP contribution < -0.4 is 5.32 Å². The lowest BCUT2D eigenvalue weighted by atomic mass is 9.95. The molecule has 0 aliphatic rings. The van der Waals surface area contributed by atoms with Gasteiger partial charge in [-0.3, -0.25) is 0 Å². The molecule has 3 heteroatoms. The van der Waals surface area contributed by atoms with Gasteiger partial charge in [0, 0.05) is 12.6 Å². The molecule has 0 aliphatic carbocycles. The maximum atomic E-state index is 13.1. The van der Waals surface area contributed by atoms with Crippen LogP contribution in [0.3, 0.4) is 0 Å². The Balaban J connectivity index is 2.56. The van der Waals surface area contributed by atoms with E-state index in [1.807, 2.05) is 0 Å². The van der Waals surface area contributed by atoms with E-state index >= 15 is 0 Å². The second-order valence-electron chi connectivity index (χ2n) is 6.09. The van der Waals surface area contributed by atoms with Crippen LogP contribution in [0, 0.1) is 17.7 Å². The van der Waals surface area contributed by atoms with Gasteiger partial charge in [0.25, 0.3) is 0 Å². The number of nitrogens with one attached hydrogen (secondary N) is 1. The molecular weight excluding hydrogens is 261 g/mol. The van der Waals surface area contributed by atoms with Gasteiger partial charge in [-0.1, -0.05) is 45.4 Å². The molecular formula is C16H25ClFN. The van der Waals surface area contributed by atoms with Crippen molar-refractivity contribution in [1.82, 2.24) is 5.32 Å². The lowest BCUT2D eigenvalue weighted by Crippen LogP contribution is -2.31. The second-order valence-corrected chi connectivity index (χ2v) is 6.49. The Labute approximate surface area is 121 Å². The molecule has 0 aromatic heterocycles. The highest BCUT2D eigenvalue weighted by molar-refractivity contribution is 6.30. The van der Waals surface area contributed by atoms with Crippen LogP contribution in [0.4, 0.5) is 4.39 Å². The summed E-state index contributed by atoms with van der Waals surface area (Å²) in [5, 5.41) is 3.76. The summed E-state index contributed by atoms with van der Waals surface area (Å²) in [7, 11) is 0. The van der Waals surface area contributed by atoms with Crippen LogP contribution in [0.5, 0.6) is 0 Å². The van der Waals surface area contributed by atoms with Gasteiger partial charge in [-0.05, 0) is 42.4 Å². The molecule has 108 valence electrons. The van der Waals surface area contributed by atoms with Crippen molar-refractivity contribution in [3.8, 4) is 0 Å². The van der Waals surface area contributed by atoms with Crippen LogP contribution in [-0.4, -0.2) is 6.04 Å². The second kappa shape index (κ2) is 7.86. The molecule has 0 aliphatic heterocycles. The molecule has 19 heavy (non-hydrogen) atoms. The van der Waals surface area contributed by atoms with Crippen LogP contribution >= 0.6 is 11.6 Å². The summed E-state index contributed by atoms with van der Waals surface area (Å²) in [5.74, 6) is 0.993. The minimum absolute atomic E-state index is 0.198. The number of halogens is 2. The lowest BCUT2D eigenvalue weighted by Gasteiger charge is -2.22. The summed E-state index contributed by atoms with van der Waals surface area (Å²) in [5.41, 5.74) is 1.03. The van der Waals surface area contributed by atoms with Gasteiger partial charge in [-0.25, -0.2) is 4.39 Å². The molecule has 0 saturated heterocycles. The summed E-state index contributed by atoms with van der Waals surface area (Å²) in [6.07, 6.45) is 2.32. The zero-order valence-electron chi connectivity index (χ0n) is 12.3. The van der Waals surface area contributed by atoms with E-state index in [9.17, 15) is 4.39 Å². The first kappa shape index (κ1) is 16.5. The van der Waals surface area contributed by atoms with Crippen molar-refractivity contribution >= 4 is 11.6 Å². The summed E-state index contributed by atoms with van der Waals surface area (Å²) in [6, 6.07) is 5.42. The molecule has 1 N–H and O–H groups in total. The van der Waals surface area contributed by atoms with Gasteiger partial charge in [0.15, 0.2) is 0 Å². The van der Waals surface area contributed by atoms with Crippen LogP contribution in [0.2, 0.25) is 5.02 Å². The van der Waals surface area contributed by atoms with E-state index in [1.54, 1.807) is 12.1 Å². The first-order valence-electron chi connectivity index (χ1n) is 7.05. The SMILES string of the molecule is CC(C)CC(CC(C)C)NCc1ccc(F)c(Cl)c1. The quantitative estimate of drug-likeness (QED) is 0.741. The normalized spacial score (nSPS) is 11.8. The zero-order valence-corrected chi connectivity index (χ0v) is 13.1. The fourth-order valence-electron chi connectivity index (χ4n) is 2.31. The zero-order chi connectivity index (χ0) is 14.4. The lowest BCUT2D eigenvalue weighted by molar-refractivity contribution is 0.358. The molecule has 0 atom stereocenters. The minimum Gasteiger partial charge on any atom is -0.310 e. The van der Waals surface area contributed by atoms with Crippen molar-refractivity contribution in [3.05, 3.63) is 34.6 Å². The largest absolute Gasteiger partial charge is 0.310 e. The van der Waals surface area contributed by atoms with Gasteiger partial charge in [0.2, 0.25) is 0 Å². The summed E-state index contributed by atoms with van der Waals surface area (Å²) in [6.45, 7) is 9.70. The molecule has 0 heterocycles. The van der Waals surface area contributed by atoms with Gasteiger partial charge >= 0.3 is 0 Å². The third kappa shape index (κ3) is 6.40. The molecule has 0 bridgehead atoms. The Bertz CT molecular complexity index is 380. The fourth-order valence-corrected chi connectivity index (χ4v) is 2.52. The Morgan fingerprint density at radius 2 is 1.68 bits per heavy atom.